The van der Waals surface area contributed by atoms with Gasteiger partial charge in [0.1, 0.15) is 10.6 Å². The number of benzene rings is 2. The molecule has 4 rings (SSSR count). The van der Waals surface area contributed by atoms with Crippen molar-refractivity contribution in [2.24, 2.45) is 0 Å². The second kappa shape index (κ2) is 9.91. The van der Waals surface area contributed by atoms with Gasteiger partial charge in [-0.15, -0.1) is 0 Å². The Kier molecular flexibility index (Phi) is 6.93. The highest BCUT2D eigenvalue weighted by molar-refractivity contribution is 8.04. The van der Waals surface area contributed by atoms with E-state index in [1.54, 1.807) is 19.9 Å². The van der Waals surface area contributed by atoms with Crippen LogP contribution in [0.5, 0.6) is 0 Å². The zero-order valence-corrected chi connectivity index (χ0v) is 19.7. The summed E-state index contributed by atoms with van der Waals surface area (Å²) < 4.78 is 39.6. The van der Waals surface area contributed by atoms with Gasteiger partial charge in [-0.1, -0.05) is 36.4 Å². The highest BCUT2D eigenvalue weighted by Gasteiger charge is 2.39. The van der Waals surface area contributed by atoms with Crippen molar-refractivity contribution < 1.29 is 22.8 Å². The molecule has 2 amide bonds. The largest absolute Gasteiger partial charge is 0.416 e. The van der Waals surface area contributed by atoms with Crippen molar-refractivity contribution in [2.45, 2.75) is 31.6 Å². The number of hydrogen-bond donors (Lipinski definition) is 1. The van der Waals surface area contributed by atoms with E-state index in [9.17, 15) is 22.8 Å². The molecule has 0 atom stereocenters. The van der Waals surface area contributed by atoms with E-state index in [1.807, 2.05) is 30.3 Å². The maximum absolute atomic E-state index is 13.3. The fourth-order valence-electron chi connectivity index (χ4n) is 3.60. The summed E-state index contributed by atoms with van der Waals surface area (Å²) in [5.74, 6) is -1.16. The first-order valence-corrected chi connectivity index (χ1v) is 11.5. The number of carbonyl (C=O) groups excluding carboxylic acids is 2. The molecule has 0 saturated heterocycles. The fraction of sp³-hybridized carbons (Fsp3) is 0.200. The number of thioether (sulfide) groups is 1. The Balaban J connectivity index is 1.67. The van der Waals surface area contributed by atoms with Crippen LogP contribution in [0.2, 0.25) is 0 Å². The molecule has 1 aliphatic heterocycles. The van der Waals surface area contributed by atoms with Crippen LogP contribution < -0.4 is 5.32 Å². The standard InChI is InChI=1S/C25H21F3N4O2S/c1-15-13-16(2)30-24(29-15)35-21-20(31-19-10-6-9-18(14-19)25(26,27)28)22(33)32(23(21)34)12-11-17-7-4-3-5-8-17/h3-10,13-14,31H,11-12H2,1-2H3. The fourth-order valence-corrected chi connectivity index (χ4v) is 4.60. The Hall–Kier alpha value is -3.66. The van der Waals surface area contributed by atoms with E-state index in [2.05, 4.69) is 15.3 Å². The lowest BCUT2D eigenvalue weighted by atomic mass is 10.1. The lowest BCUT2D eigenvalue weighted by molar-refractivity contribution is -0.138. The molecular weight excluding hydrogens is 477 g/mol. The van der Waals surface area contributed by atoms with Crippen LogP contribution in [0.1, 0.15) is 22.5 Å². The predicted molar refractivity (Wildman–Crippen MR) is 126 cm³/mol. The van der Waals surface area contributed by atoms with Crippen molar-refractivity contribution in [1.29, 1.82) is 0 Å². The van der Waals surface area contributed by atoms with Crippen molar-refractivity contribution in [3.63, 3.8) is 0 Å². The number of halogens is 3. The van der Waals surface area contributed by atoms with Crippen molar-refractivity contribution in [2.75, 3.05) is 11.9 Å². The predicted octanol–water partition coefficient (Wildman–Crippen LogP) is 5.14. The maximum atomic E-state index is 13.3. The Morgan fingerprint density at radius 2 is 1.60 bits per heavy atom. The highest BCUT2D eigenvalue weighted by atomic mass is 32.2. The molecule has 1 N–H and O–H groups in total. The summed E-state index contributed by atoms with van der Waals surface area (Å²) in [5.41, 5.74) is 1.39. The average molecular weight is 499 g/mol. The van der Waals surface area contributed by atoms with Gasteiger partial charge in [0.2, 0.25) is 0 Å². The molecule has 0 radical (unpaired) electrons. The molecule has 1 aromatic heterocycles. The second-order valence-electron chi connectivity index (χ2n) is 7.94. The molecule has 6 nitrogen and oxygen atoms in total. The highest BCUT2D eigenvalue weighted by Crippen LogP contribution is 2.36. The van der Waals surface area contributed by atoms with Gasteiger partial charge in [0.25, 0.3) is 11.8 Å². The number of aryl methyl sites for hydroxylation is 2. The summed E-state index contributed by atoms with van der Waals surface area (Å²) in [6.07, 6.45) is -4.11. The van der Waals surface area contributed by atoms with Gasteiger partial charge in [-0.25, -0.2) is 9.97 Å². The minimum atomic E-state index is -4.55. The number of anilines is 1. The van der Waals surface area contributed by atoms with Crippen LogP contribution in [0, 0.1) is 13.8 Å². The first-order chi connectivity index (χ1) is 16.6. The van der Waals surface area contributed by atoms with Crippen LogP contribution in [-0.4, -0.2) is 33.2 Å². The summed E-state index contributed by atoms with van der Waals surface area (Å²) in [6, 6.07) is 15.6. The molecule has 10 heteroatoms. The smallest absolute Gasteiger partial charge is 0.350 e. The minimum Gasteiger partial charge on any atom is -0.350 e. The molecule has 0 spiro atoms. The first-order valence-electron chi connectivity index (χ1n) is 10.7. The van der Waals surface area contributed by atoms with Crippen molar-refractivity contribution >= 4 is 29.3 Å². The van der Waals surface area contributed by atoms with Gasteiger partial charge in [0.15, 0.2) is 5.16 Å². The summed E-state index contributed by atoms with van der Waals surface area (Å²) in [4.78, 5) is 36.3. The summed E-state index contributed by atoms with van der Waals surface area (Å²) in [7, 11) is 0. The maximum Gasteiger partial charge on any atom is 0.416 e. The van der Waals surface area contributed by atoms with Crippen molar-refractivity contribution in [3.05, 3.63) is 93.8 Å². The third-order valence-corrected chi connectivity index (χ3v) is 6.15. The Bertz CT molecular complexity index is 1290. The van der Waals surface area contributed by atoms with Gasteiger partial charge >= 0.3 is 6.18 Å². The topological polar surface area (TPSA) is 75.2 Å². The van der Waals surface area contributed by atoms with E-state index in [4.69, 9.17) is 0 Å². The molecule has 0 fully saturated rings. The first kappa shape index (κ1) is 24.5. The number of aromatic nitrogens is 2. The number of alkyl halides is 3. The van der Waals surface area contributed by atoms with Gasteiger partial charge in [-0.05, 0) is 61.9 Å². The Morgan fingerprint density at radius 1 is 0.914 bits per heavy atom. The van der Waals surface area contributed by atoms with E-state index in [-0.39, 0.29) is 28.0 Å². The van der Waals surface area contributed by atoms with Crippen LogP contribution in [0.4, 0.5) is 18.9 Å². The molecular formula is C25H21F3N4O2S. The van der Waals surface area contributed by atoms with Crippen LogP contribution in [0.15, 0.2) is 76.4 Å². The third-order valence-electron chi connectivity index (χ3n) is 5.21. The zero-order chi connectivity index (χ0) is 25.2. The van der Waals surface area contributed by atoms with Crippen LogP contribution in [0.25, 0.3) is 0 Å². The lowest BCUT2D eigenvalue weighted by Crippen LogP contribution is -2.34. The van der Waals surface area contributed by atoms with Crippen LogP contribution in [0.3, 0.4) is 0 Å². The molecule has 180 valence electrons. The lowest BCUT2D eigenvalue weighted by Gasteiger charge is -2.15. The zero-order valence-electron chi connectivity index (χ0n) is 18.9. The van der Waals surface area contributed by atoms with E-state index < -0.39 is 23.6 Å². The molecule has 0 aliphatic carbocycles. The number of nitrogens with one attached hydrogen (secondary N) is 1. The second-order valence-corrected chi connectivity index (χ2v) is 8.92. The van der Waals surface area contributed by atoms with Gasteiger partial charge in [0, 0.05) is 23.6 Å². The molecule has 3 aromatic rings. The van der Waals surface area contributed by atoms with Crippen LogP contribution in [-0.2, 0) is 22.2 Å². The minimum absolute atomic E-state index is 0.0328. The van der Waals surface area contributed by atoms with Crippen molar-refractivity contribution in [1.82, 2.24) is 14.9 Å². The average Bonchev–Trinajstić information content (AvgIpc) is 3.01. The molecule has 2 aromatic carbocycles. The number of rotatable bonds is 7. The van der Waals surface area contributed by atoms with Gasteiger partial charge in [-0.3, -0.25) is 14.5 Å². The van der Waals surface area contributed by atoms with E-state index in [0.717, 1.165) is 34.4 Å². The molecule has 35 heavy (non-hydrogen) atoms. The summed E-state index contributed by atoms with van der Waals surface area (Å²) >= 11 is 0.915. The molecule has 0 saturated carbocycles. The van der Waals surface area contributed by atoms with Gasteiger partial charge < -0.3 is 5.32 Å². The summed E-state index contributed by atoms with van der Waals surface area (Å²) in [6.45, 7) is 3.68. The van der Waals surface area contributed by atoms with Crippen molar-refractivity contribution in [3.8, 4) is 0 Å². The number of nitrogens with zero attached hydrogens (tertiary/aromatic N) is 3. The molecule has 0 unspecified atom stereocenters. The Labute approximate surface area is 204 Å². The number of imide groups is 1. The molecule has 0 bridgehead atoms. The van der Waals surface area contributed by atoms with E-state index in [1.165, 1.54) is 12.1 Å². The monoisotopic (exact) mass is 498 g/mol. The van der Waals surface area contributed by atoms with Crippen LogP contribution >= 0.6 is 11.8 Å². The summed E-state index contributed by atoms with van der Waals surface area (Å²) in [5, 5.41) is 3.02. The normalized spacial score (nSPS) is 14.1. The Morgan fingerprint density at radius 3 is 2.26 bits per heavy atom. The van der Waals surface area contributed by atoms with E-state index in [0.29, 0.717) is 17.8 Å². The quantitative estimate of drug-likeness (QED) is 0.359. The van der Waals surface area contributed by atoms with Gasteiger partial charge in [0.05, 0.1) is 5.56 Å². The molecule has 2 heterocycles. The number of carbonyl (C=O) groups is 2. The number of amides is 2. The number of hydrogen-bond acceptors (Lipinski definition) is 6. The van der Waals surface area contributed by atoms with E-state index >= 15 is 0 Å². The third kappa shape index (κ3) is 5.71. The SMILES string of the molecule is Cc1cc(C)nc(SC2=C(Nc3cccc(C(F)(F)F)c3)C(=O)N(CCc3ccccc3)C2=O)n1. The van der Waals surface area contributed by atoms with Gasteiger partial charge in [-0.2, -0.15) is 13.2 Å². The molecule has 1 aliphatic rings.